The molecular weight excluding hydrogens is 292 g/mol. The van der Waals surface area contributed by atoms with E-state index in [0.717, 1.165) is 19.7 Å². The van der Waals surface area contributed by atoms with Crippen LogP contribution < -0.4 is 0 Å². The first kappa shape index (κ1) is 11.4. The van der Waals surface area contributed by atoms with E-state index in [9.17, 15) is 0 Å². The molecule has 5 heteroatoms. The molecule has 0 saturated carbocycles. The second-order valence-corrected chi connectivity index (χ2v) is 7.55. The fourth-order valence-electron chi connectivity index (χ4n) is 1.86. The molecular formula is C14H8N2S3. The topological polar surface area (TPSA) is 25.8 Å². The highest BCUT2D eigenvalue weighted by molar-refractivity contribution is 8.02. The molecule has 0 saturated heterocycles. The molecule has 2 heterocycles. The number of rotatable bonds is 2. The zero-order valence-corrected chi connectivity index (χ0v) is 12.2. The second-order valence-electron chi connectivity index (χ2n) is 4.00. The van der Waals surface area contributed by atoms with Crippen LogP contribution in [-0.4, -0.2) is 9.97 Å². The van der Waals surface area contributed by atoms with Gasteiger partial charge in [-0.3, -0.25) is 0 Å². The van der Waals surface area contributed by atoms with Crippen LogP contribution in [0.2, 0.25) is 0 Å². The fraction of sp³-hybridized carbons (Fsp3) is 0. The number of hydrogen-bond donors (Lipinski definition) is 0. The Labute approximate surface area is 122 Å². The van der Waals surface area contributed by atoms with Crippen molar-refractivity contribution in [1.29, 1.82) is 0 Å². The van der Waals surface area contributed by atoms with Crippen molar-refractivity contribution < 1.29 is 0 Å². The summed E-state index contributed by atoms with van der Waals surface area (Å²) >= 11 is 5.09. The van der Waals surface area contributed by atoms with E-state index >= 15 is 0 Å². The quantitative estimate of drug-likeness (QED) is 0.517. The molecule has 0 amide bonds. The average Bonchev–Trinajstić information content (AvgIpc) is 3.00. The highest BCUT2D eigenvalue weighted by atomic mass is 32.2. The number of fused-ring (bicyclic) bond motifs is 2. The molecule has 0 aliphatic rings. The third-order valence-electron chi connectivity index (χ3n) is 2.72. The number of thiazole rings is 2. The first-order valence-electron chi connectivity index (χ1n) is 5.77. The molecule has 2 aromatic carbocycles. The molecule has 0 spiro atoms. The van der Waals surface area contributed by atoms with Gasteiger partial charge in [0.05, 0.1) is 20.4 Å². The molecule has 4 aromatic rings. The lowest BCUT2D eigenvalue weighted by Crippen LogP contribution is -1.70. The van der Waals surface area contributed by atoms with Gasteiger partial charge in [-0.1, -0.05) is 24.3 Å². The van der Waals surface area contributed by atoms with E-state index < -0.39 is 0 Å². The van der Waals surface area contributed by atoms with Crippen molar-refractivity contribution in [2.24, 2.45) is 0 Å². The normalized spacial score (nSPS) is 11.4. The third kappa shape index (κ3) is 2.14. The van der Waals surface area contributed by atoms with Gasteiger partial charge in [-0.05, 0) is 36.0 Å². The van der Waals surface area contributed by atoms with Crippen molar-refractivity contribution >= 4 is 54.9 Å². The van der Waals surface area contributed by atoms with Gasteiger partial charge in [-0.15, -0.1) is 22.7 Å². The van der Waals surface area contributed by atoms with Gasteiger partial charge in [0.15, 0.2) is 8.68 Å². The highest BCUT2D eigenvalue weighted by Gasteiger charge is 2.09. The maximum absolute atomic E-state index is 4.63. The number of para-hydroxylation sites is 2. The van der Waals surface area contributed by atoms with Crippen LogP contribution in [0.15, 0.2) is 57.2 Å². The summed E-state index contributed by atoms with van der Waals surface area (Å²) in [6.07, 6.45) is 0. The van der Waals surface area contributed by atoms with Crippen molar-refractivity contribution in [3.8, 4) is 0 Å². The van der Waals surface area contributed by atoms with E-state index in [-0.39, 0.29) is 0 Å². The summed E-state index contributed by atoms with van der Waals surface area (Å²) in [6, 6.07) is 16.5. The smallest absolute Gasteiger partial charge is 0.158 e. The maximum atomic E-state index is 4.63. The van der Waals surface area contributed by atoms with Crippen LogP contribution in [0.5, 0.6) is 0 Å². The van der Waals surface area contributed by atoms with Gasteiger partial charge in [0.25, 0.3) is 0 Å². The first-order valence-corrected chi connectivity index (χ1v) is 8.22. The number of hydrogen-bond acceptors (Lipinski definition) is 5. The van der Waals surface area contributed by atoms with Crippen LogP contribution in [0.1, 0.15) is 0 Å². The molecule has 0 unspecified atom stereocenters. The van der Waals surface area contributed by atoms with Gasteiger partial charge in [0.2, 0.25) is 0 Å². The monoisotopic (exact) mass is 300 g/mol. The predicted molar refractivity (Wildman–Crippen MR) is 83.4 cm³/mol. The zero-order valence-electron chi connectivity index (χ0n) is 9.74. The Balaban J connectivity index is 1.73. The third-order valence-corrected chi connectivity index (χ3v) is 5.92. The average molecular weight is 300 g/mol. The Hall–Kier alpha value is -1.43. The molecule has 92 valence electrons. The number of aromatic nitrogens is 2. The van der Waals surface area contributed by atoms with Gasteiger partial charge in [0.1, 0.15) is 0 Å². The van der Waals surface area contributed by atoms with Gasteiger partial charge in [0, 0.05) is 0 Å². The molecule has 0 N–H and O–H groups in total. The molecule has 0 bridgehead atoms. The lowest BCUT2D eigenvalue weighted by atomic mass is 10.3. The summed E-state index contributed by atoms with van der Waals surface area (Å²) in [6.45, 7) is 0. The van der Waals surface area contributed by atoms with Crippen LogP contribution in [0.3, 0.4) is 0 Å². The second kappa shape index (κ2) is 4.59. The van der Waals surface area contributed by atoms with Crippen LogP contribution in [-0.2, 0) is 0 Å². The molecule has 2 nitrogen and oxygen atoms in total. The van der Waals surface area contributed by atoms with Crippen LogP contribution >= 0.6 is 34.4 Å². The maximum Gasteiger partial charge on any atom is 0.158 e. The molecule has 2 aromatic heterocycles. The summed E-state index contributed by atoms with van der Waals surface area (Å²) in [7, 11) is 0. The standard InChI is InChI=1S/C14H8N2S3/c1-3-7-11-9(5-1)15-13(17-11)19-14-16-10-6-2-4-8-12(10)18-14/h1-8H. The minimum absolute atomic E-state index is 1.06. The van der Waals surface area contributed by atoms with Crippen molar-refractivity contribution in [2.75, 3.05) is 0 Å². The lowest BCUT2D eigenvalue weighted by molar-refractivity contribution is 1.26. The van der Waals surface area contributed by atoms with Gasteiger partial charge < -0.3 is 0 Å². The molecule has 0 aliphatic heterocycles. The van der Waals surface area contributed by atoms with Gasteiger partial charge in [-0.25, -0.2) is 9.97 Å². The minimum Gasteiger partial charge on any atom is -0.229 e. The largest absolute Gasteiger partial charge is 0.229 e. The van der Waals surface area contributed by atoms with Crippen molar-refractivity contribution in [1.82, 2.24) is 9.97 Å². The van der Waals surface area contributed by atoms with E-state index in [0.29, 0.717) is 0 Å². The Bertz CT molecular complexity index is 725. The molecule has 0 atom stereocenters. The zero-order chi connectivity index (χ0) is 12.7. The van der Waals surface area contributed by atoms with Gasteiger partial charge >= 0.3 is 0 Å². The minimum atomic E-state index is 1.06. The molecule has 0 fully saturated rings. The Kier molecular flexibility index (Phi) is 2.76. The summed E-state index contributed by atoms with van der Waals surface area (Å²) in [5.41, 5.74) is 2.13. The predicted octanol–water partition coefficient (Wildman–Crippen LogP) is 5.06. The van der Waals surface area contributed by atoms with E-state index in [1.165, 1.54) is 9.40 Å². The molecule has 0 aliphatic carbocycles. The number of nitrogens with zero attached hydrogens (tertiary/aromatic N) is 2. The summed E-state index contributed by atoms with van der Waals surface area (Å²) in [5, 5.41) is 0. The molecule has 0 radical (unpaired) electrons. The summed E-state index contributed by atoms with van der Waals surface area (Å²) < 4.78 is 4.57. The Morgan fingerprint density at radius 3 is 1.63 bits per heavy atom. The van der Waals surface area contributed by atoms with Crippen molar-refractivity contribution in [2.45, 2.75) is 8.68 Å². The SMILES string of the molecule is c1ccc2sc(Sc3nc4ccccc4s3)nc2c1. The van der Waals surface area contributed by atoms with Gasteiger partial charge in [-0.2, -0.15) is 0 Å². The van der Waals surface area contributed by atoms with Crippen molar-refractivity contribution in [3.05, 3.63) is 48.5 Å². The van der Waals surface area contributed by atoms with Crippen LogP contribution in [0.25, 0.3) is 20.4 Å². The van der Waals surface area contributed by atoms with E-state index in [1.54, 1.807) is 34.4 Å². The molecule has 19 heavy (non-hydrogen) atoms. The van der Waals surface area contributed by atoms with Crippen LogP contribution in [0.4, 0.5) is 0 Å². The van der Waals surface area contributed by atoms with Crippen LogP contribution in [0, 0.1) is 0 Å². The Morgan fingerprint density at radius 1 is 0.684 bits per heavy atom. The first-order chi connectivity index (χ1) is 9.38. The van der Waals surface area contributed by atoms with E-state index in [1.807, 2.05) is 36.4 Å². The summed E-state index contributed by atoms with van der Waals surface area (Å²) in [4.78, 5) is 9.25. The molecule has 4 rings (SSSR count). The lowest BCUT2D eigenvalue weighted by Gasteiger charge is -1.87. The number of benzene rings is 2. The van der Waals surface area contributed by atoms with E-state index in [2.05, 4.69) is 22.1 Å². The van der Waals surface area contributed by atoms with Crippen molar-refractivity contribution in [3.63, 3.8) is 0 Å². The fourth-order valence-corrected chi connectivity index (χ4v) is 5.20. The Morgan fingerprint density at radius 2 is 1.16 bits per heavy atom. The van der Waals surface area contributed by atoms with E-state index in [4.69, 9.17) is 0 Å². The highest BCUT2D eigenvalue weighted by Crippen LogP contribution is 2.37. The summed E-state index contributed by atoms with van der Waals surface area (Å²) in [5.74, 6) is 0.